The van der Waals surface area contributed by atoms with E-state index in [9.17, 15) is 0 Å². The Balaban J connectivity index is 1.55. The van der Waals surface area contributed by atoms with Gasteiger partial charge >= 0.3 is 0 Å². The SMILES string of the molecule is CN=C(NCc1nc(C)c(C)s1)NCC1(c2ccc(Cl)cc2)CC1. The molecule has 0 radical (unpaired) electrons. The molecule has 1 aliphatic carbocycles. The van der Waals surface area contributed by atoms with Crippen LogP contribution in [0.4, 0.5) is 0 Å². The van der Waals surface area contributed by atoms with Crippen LogP contribution in [0, 0.1) is 13.8 Å². The van der Waals surface area contributed by atoms with E-state index in [-0.39, 0.29) is 5.41 Å². The third-order valence-corrected chi connectivity index (χ3v) is 5.93. The van der Waals surface area contributed by atoms with Gasteiger partial charge in [0.2, 0.25) is 0 Å². The topological polar surface area (TPSA) is 49.3 Å². The number of rotatable bonds is 5. The number of aliphatic imine (C=N–C) groups is 1. The number of nitrogens with zero attached hydrogens (tertiary/aromatic N) is 2. The first kappa shape index (κ1) is 17.2. The summed E-state index contributed by atoms with van der Waals surface area (Å²) in [6.07, 6.45) is 2.40. The summed E-state index contributed by atoms with van der Waals surface area (Å²) in [5.41, 5.74) is 2.68. The minimum absolute atomic E-state index is 0.219. The van der Waals surface area contributed by atoms with Gasteiger partial charge in [-0.1, -0.05) is 23.7 Å². The molecule has 1 fully saturated rings. The van der Waals surface area contributed by atoms with Crippen LogP contribution in [0.3, 0.4) is 0 Å². The number of benzene rings is 1. The van der Waals surface area contributed by atoms with Crippen molar-refractivity contribution >= 4 is 28.9 Å². The molecule has 0 unspecified atom stereocenters. The van der Waals surface area contributed by atoms with Crippen LogP contribution < -0.4 is 10.6 Å². The molecule has 0 saturated heterocycles. The fourth-order valence-corrected chi connectivity index (χ4v) is 3.77. The van der Waals surface area contributed by atoms with Gasteiger partial charge in [0.05, 0.1) is 12.2 Å². The maximum atomic E-state index is 5.99. The normalized spacial score (nSPS) is 16.1. The molecular weight excluding hydrogens is 340 g/mol. The van der Waals surface area contributed by atoms with Gasteiger partial charge in [-0.15, -0.1) is 11.3 Å². The third kappa shape index (κ3) is 3.90. The number of halogens is 1. The van der Waals surface area contributed by atoms with Crippen LogP contribution in [-0.4, -0.2) is 24.5 Å². The van der Waals surface area contributed by atoms with Crippen molar-refractivity contribution in [2.45, 2.75) is 38.6 Å². The van der Waals surface area contributed by atoms with Crippen LogP contribution in [0.1, 0.15) is 34.0 Å². The van der Waals surface area contributed by atoms with Gasteiger partial charge in [0.15, 0.2) is 5.96 Å². The Bertz CT molecular complexity index is 712. The quantitative estimate of drug-likeness (QED) is 0.628. The Morgan fingerprint density at radius 2 is 1.96 bits per heavy atom. The Labute approximate surface area is 152 Å². The number of nitrogens with one attached hydrogen (secondary N) is 2. The lowest BCUT2D eigenvalue weighted by Crippen LogP contribution is -2.40. The second-order valence-corrected chi connectivity index (χ2v) is 8.04. The number of hydrogen-bond donors (Lipinski definition) is 2. The van der Waals surface area contributed by atoms with Crippen molar-refractivity contribution in [3.05, 3.63) is 50.4 Å². The van der Waals surface area contributed by atoms with Crippen molar-refractivity contribution in [1.29, 1.82) is 0 Å². The molecule has 1 heterocycles. The van der Waals surface area contributed by atoms with Crippen LogP contribution >= 0.6 is 22.9 Å². The molecule has 6 heteroatoms. The van der Waals surface area contributed by atoms with Crippen LogP contribution in [0.15, 0.2) is 29.3 Å². The molecular formula is C18H23ClN4S. The van der Waals surface area contributed by atoms with Crippen molar-refractivity contribution < 1.29 is 0 Å². The van der Waals surface area contributed by atoms with Gasteiger partial charge < -0.3 is 10.6 Å². The van der Waals surface area contributed by atoms with E-state index in [1.165, 1.54) is 23.3 Å². The molecule has 2 aromatic rings. The highest BCUT2D eigenvalue weighted by molar-refractivity contribution is 7.11. The van der Waals surface area contributed by atoms with Crippen molar-refractivity contribution in [1.82, 2.24) is 15.6 Å². The second kappa shape index (κ2) is 7.11. The maximum absolute atomic E-state index is 5.99. The largest absolute Gasteiger partial charge is 0.356 e. The molecule has 1 aromatic carbocycles. The Kier molecular flexibility index (Phi) is 5.11. The molecule has 2 N–H and O–H groups in total. The van der Waals surface area contributed by atoms with E-state index in [4.69, 9.17) is 11.6 Å². The summed E-state index contributed by atoms with van der Waals surface area (Å²) in [5.74, 6) is 0.820. The fraction of sp³-hybridized carbons (Fsp3) is 0.444. The van der Waals surface area contributed by atoms with E-state index in [1.807, 2.05) is 19.1 Å². The smallest absolute Gasteiger partial charge is 0.191 e. The summed E-state index contributed by atoms with van der Waals surface area (Å²) in [4.78, 5) is 10.1. The molecule has 0 spiro atoms. The molecule has 1 saturated carbocycles. The maximum Gasteiger partial charge on any atom is 0.191 e. The summed E-state index contributed by atoms with van der Waals surface area (Å²) >= 11 is 7.73. The number of aryl methyl sites for hydroxylation is 2. The van der Waals surface area contributed by atoms with E-state index in [0.29, 0.717) is 6.54 Å². The van der Waals surface area contributed by atoms with E-state index < -0.39 is 0 Å². The monoisotopic (exact) mass is 362 g/mol. The van der Waals surface area contributed by atoms with Crippen LogP contribution in [0.2, 0.25) is 5.02 Å². The van der Waals surface area contributed by atoms with Crippen molar-refractivity contribution in [2.75, 3.05) is 13.6 Å². The van der Waals surface area contributed by atoms with E-state index in [2.05, 4.69) is 39.7 Å². The van der Waals surface area contributed by atoms with E-state index in [1.54, 1.807) is 18.4 Å². The molecule has 1 aromatic heterocycles. The minimum Gasteiger partial charge on any atom is -0.356 e. The number of hydrogen-bond acceptors (Lipinski definition) is 3. The van der Waals surface area contributed by atoms with Crippen LogP contribution in [0.5, 0.6) is 0 Å². The molecule has 0 bridgehead atoms. The molecule has 0 atom stereocenters. The van der Waals surface area contributed by atoms with Crippen molar-refractivity contribution in [3.63, 3.8) is 0 Å². The average Bonchev–Trinajstić information content (AvgIpc) is 3.29. The van der Waals surface area contributed by atoms with Gasteiger partial charge in [-0.25, -0.2) is 4.98 Å². The highest BCUT2D eigenvalue weighted by Crippen LogP contribution is 2.47. The zero-order valence-electron chi connectivity index (χ0n) is 14.3. The summed E-state index contributed by atoms with van der Waals surface area (Å²) in [7, 11) is 1.80. The molecule has 1 aliphatic rings. The second-order valence-electron chi connectivity index (χ2n) is 6.32. The van der Waals surface area contributed by atoms with Crippen LogP contribution in [-0.2, 0) is 12.0 Å². The Hall–Kier alpha value is -1.59. The number of thiazole rings is 1. The molecule has 3 rings (SSSR count). The van der Waals surface area contributed by atoms with E-state index >= 15 is 0 Å². The zero-order chi connectivity index (χ0) is 17.2. The average molecular weight is 363 g/mol. The van der Waals surface area contributed by atoms with Gasteiger partial charge in [0, 0.05) is 28.9 Å². The standard InChI is InChI=1S/C18H23ClN4S/c1-12-13(2)24-16(23-12)10-21-17(20-3)22-11-18(8-9-18)14-4-6-15(19)7-5-14/h4-7H,8-11H2,1-3H3,(H2,20,21,22). The molecule has 24 heavy (non-hydrogen) atoms. The van der Waals surface area contributed by atoms with Gasteiger partial charge in [0.1, 0.15) is 5.01 Å². The Morgan fingerprint density at radius 3 is 2.50 bits per heavy atom. The summed E-state index contributed by atoms with van der Waals surface area (Å²) in [6.45, 7) is 5.73. The first-order chi connectivity index (χ1) is 11.5. The summed E-state index contributed by atoms with van der Waals surface area (Å²) in [6, 6.07) is 8.21. The van der Waals surface area contributed by atoms with E-state index in [0.717, 1.165) is 28.2 Å². The van der Waals surface area contributed by atoms with Gasteiger partial charge in [0.25, 0.3) is 0 Å². The minimum atomic E-state index is 0.219. The van der Waals surface area contributed by atoms with Crippen molar-refractivity contribution in [3.8, 4) is 0 Å². The molecule has 0 amide bonds. The van der Waals surface area contributed by atoms with Gasteiger partial charge in [-0.05, 0) is 44.4 Å². The van der Waals surface area contributed by atoms with Crippen molar-refractivity contribution in [2.24, 2.45) is 4.99 Å². The zero-order valence-corrected chi connectivity index (χ0v) is 15.9. The predicted molar refractivity (Wildman–Crippen MR) is 102 cm³/mol. The lowest BCUT2D eigenvalue weighted by Gasteiger charge is -2.19. The van der Waals surface area contributed by atoms with Crippen LogP contribution in [0.25, 0.3) is 0 Å². The fourth-order valence-electron chi connectivity index (χ4n) is 2.77. The first-order valence-electron chi connectivity index (χ1n) is 8.16. The highest BCUT2D eigenvalue weighted by Gasteiger charge is 2.44. The molecule has 4 nitrogen and oxygen atoms in total. The Morgan fingerprint density at radius 1 is 1.25 bits per heavy atom. The predicted octanol–water partition coefficient (Wildman–Crippen LogP) is 3.81. The van der Waals surface area contributed by atoms with Gasteiger partial charge in [-0.2, -0.15) is 0 Å². The number of aromatic nitrogens is 1. The lowest BCUT2D eigenvalue weighted by atomic mass is 9.96. The lowest BCUT2D eigenvalue weighted by molar-refractivity contribution is 0.645. The summed E-state index contributed by atoms with van der Waals surface area (Å²) in [5, 5.41) is 8.69. The molecule has 128 valence electrons. The first-order valence-corrected chi connectivity index (χ1v) is 9.35. The molecule has 0 aliphatic heterocycles. The van der Waals surface area contributed by atoms with Gasteiger partial charge in [-0.3, -0.25) is 4.99 Å². The number of guanidine groups is 1. The summed E-state index contributed by atoms with van der Waals surface area (Å²) < 4.78 is 0. The highest BCUT2D eigenvalue weighted by atomic mass is 35.5. The third-order valence-electron chi connectivity index (χ3n) is 4.61.